The van der Waals surface area contributed by atoms with E-state index in [0.717, 1.165) is 40.5 Å². The average molecular weight is 978 g/mol. The third-order valence-corrected chi connectivity index (χ3v) is 7.31. The molecule has 10 heteroatoms. The van der Waals surface area contributed by atoms with Crippen molar-refractivity contribution < 1.29 is 6.63 Å². The normalized spacial score (nSPS) is 13.6. The number of nitrogens with zero attached hydrogens (tertiary/aromatic N) is 6. The van der Waals surface area contributed by atoms with E-state index < -0.39 is 6.63 Å². The molecule has 44 heavy (non-hydrogen) atoms. The van der Waals surface area contributed by atoms with Crippen LogP contribution in [0.5, 0.6) is 0 Å². The summed E-state index contributed by atoms with van der Waals surface area (Å²) in [5.74, 6) is 0. The molecule has 0 aromatic carbocycles. The van der Waals surface area contributed by atoms with Gasteiger partial charge in [0.05, 0.1) is 17.1 Å². The molecule has 0 bridgehead atoms. The third kappa shape index (κ3) is 10.2. The van der Waals surface area contributed by atoms with Crippen LogP contribution >= 0.6 is 57.6 Å². The molecule has 6 nitrogen and oxygen atoms in total. The van der Waals surface area contributed by atoms with E-state index in [1.165, 1.54) is 0 Å². The monoisotopic (exact) mass is 978 g/mol. The van der Waals surface area contributed by atoms with Crippen molar-refractivity contribution in [2.75, 3.05) is 0 Å². The molecular formula is C34H57I3N6Ti. The molecule has 0 aliphatic carbocycles. The van der Waals surface area contributed by atoms with Crippen LogP contribution in [0.1, 0.15) is 159 Å². The van der Waals surface area contributed by atoms with Crippen molar-refractivity contribution in [3.05, 3.63) is 58.7 Å². The van der Waals surface area contributed by atoms with Crippen LogP contribution in [0.15, 0.2) is 18.2 Å². The van der Waals surface area contributed by atoms with Crippen LogP contribution in [-0.2, 0) is 39.1 Å². The Kier molecular flexibility index (Phi) is 12.7. The van der Waals surface area contributed by atoms with Crippen LogP contribution in [0.2, 0.25) is 0 Å². The van der Waals surface area contributed by atoms with Gasteiger partial charge in [0.2, 0.25) is 0 Å². The van der Waals surface area contributed by atoms with Crippen molar-refractivity contribution in [2.24, 2.45) is 0 Å². The molecule has 0 N–H and O–H groups in total. The molecule has 0 saturated carbocycles. The van der Waals surface area contributed by atoms with Gasteiger partial charge in [-0.2, -0.15) is 15.3 Å². The van der Waals surface area contributed by atoms with Crippen molar-refractivity contribution in [1.29, 1.82) is 0 Å². The van der Waals surface area contributed by atoms with Crippen LogP contribution < -0.4 is 0 Å². The van der Waals surface area contributed by atoms with E-state index in [2.05, 4.69) is 214 Å². The van der Waals surface area contributed by atoms with Crippen molar-refractivity contribution in [2.45, 2.75) is 157 Å². The summed E-state index contributed by atoms with van der Waals surface area (Å²) >= 11 is 7.45. The molecule has 0 atom stereocenters. The summed E-state index contributed by atoms with van der Waals surface area (Å²) in [5, 5.41) is 16.0. The first-order valence-electron chi connectivity index (χ1n) is 15.4. The molecule has 0 aliphatic rings. The summed E-state index contributed by atoms with van der Waals surface area (Å²) in [7, 11) is 0. The second-order valence-electron chi connectivity index (χ2n) is 18.0. The fourth-order valence-electron chi connectivity index (χ4n) is 4.57. The van der Waals surface area contributed by atoms with E-state index in [1.54, 1.807) is 0 Å². The third-order valence-electron chi connectivity index (χ3n) is 7.31. The Bertz CT molecular complexity index is 1240. The zero-order chi connectivity index (χ0) is 34.6. The van der Waals surface area contributed by atoms with E-state index >= 15 is 0 Å². The molecule has 0 fully saturated rings. The van der Waals surface area contributed by atoms with Gasteiger partial charge in [0.1, 0.15) is 0 Å². The Hall–Kier alpha value is 0.404. The Morgan fingerprint density at radius 2 is 0.614 bits per heavy atom. The van der Waals surface area contributed by atoms with Crippen molar-refractivity contribution in [1.82, 2.24) is 29.3 Å². The summed E-state index contributed by atoms with van der Waals surface area (Å²) in [4.78, 5) is 0. The first kappa shape index (κ1) is 40.6. The number of rotatable bonds is 3. The molecule has 0 spiro atoms. The van der Waals surface area contributed by atoms with Gasteiger partial charge < -0.3 is 0 Å². The van der Waals surface area contributed by atoms with Crippen LogP contribution in [0.4, 0.5) is 0 Å². The van der Waals surface area contributed by atoms with Crippen LogP contribution in [-0.4, -0.2) is 29.3 Å². The van der Waals surface area contributed by atoms with Gasteiger partial charge >= 0.3 is 64.2 Å². The van der Waals surface area contributed by atoms with Gasteiger partial charge in [-0.15, -0.1) is 0 Å². The zero-order valence-corrected chi connectivity index (χ0v) is 38.6. The molecule has 3 heterocycles. The minimum atomic E-state index is -0.423. The van der Waals surface area contributed by atoms with Crippen molar-refractivity contribution in [3.8, 4) is 0 Å². The second kappa shape index (κ2) is 13.7. The molecule has 3 aromatic heterocycles. The maximum atomic E-state index is 5.35. The Morgan fingerprint density at radius 3 is 0.750 bits per heavy atom. The number of halogens is 3. The molecule has 248 valence electrons. The van der Waals surface area contributed by atoms with Gasteiger partial charge in [-0.25, -0.2) is 0 Å². The SMILES string of the molecule is CC(C)(C)c1cc(C(C)(C)C)n([C-](n2nc(C(C)(C)C)cc2C(C)(C)C)n2nc(C(C)(C)C)cc2C(C)(C)C)n1.[I][Ti+]([I])[I]. The predicted molar refractivity (Wildman–Crippen MR) is 210 cm³/mol. The Morgan fingerprint density at radius 1 is 0.432 bits per heavy atom. The standard InChI is InChI=1S/C34H57N6.3HI.Ti/c1-29(2,3)22-19-25(32(10,11)12)38(35-22)28(39-26(33(13,14)15)20-23(36-39)30(4,5)6)40-27(34(16,17)18)21-24(37-40)31(7,8)9;;;;/h19-21H,1-18H3;3*1H;/q-1;;;;+4/p-3. The summed E-state index contributed by atoms with van der Waals surface area (Å²) < 4.78 is 6.39. The molecule has 0 aliphatic heterocycles. The van der Waals surface area contributed by atoms with Crippen LogP contribution in [0.3, 0.4) is 0 Å². The van der Waals surface area contributed by atoms with E-state index in [0.29, 0.717) is 0 Å². The molecule has 0 saturated heterocycles. The van der Waals surface area contributed by atoms with E-state index in [1.807, 2.05) is 0 Å². The minimum absolute atomic E-state index is 0.114. The molecule has 0 amide bonds. The van der Waals surface area contributed by atoms with Gasteiger partial charge in [0.25, 0.3) is 0 Å². The summed E-state index contributed by atoms with van der Waals surface area (Å²) in [6, 6.07) is 6.82. The van der Waals surface area contributed by atoms with Crippen LogP contribution in [0.25, 0.3) is 0 Å². The number of hydrogen-bond donors (Lipinski definition) is 0. The Balaban J connectivity index is 0.00000159. The second-order valence-corrected chi connectivity index (χ2v) is 57.5. The van der Waals surface area contributed by atoms with E-state index in [9.17, 15) is 0 Å². The topological polar surface area (TPSA) is 53.5 Å². The first-order chi connectivity index (χ1) is 19.4. The van der Waals surface area contributed by atoms with Crippen molar-refractivity contribution in [3.63, 3.8) is 0 Å². The van der Waals surface area contributed by atoms with Gasteiger partial charge in [0, 0.05) is 16.2 Å². The van der Waals surface area contributed by atoms with Crippen molar-refractivity contribution >= 4 is 57.6 Å². The fraction of sp³-hybridized carbons (Fsp3) is 0.706. The maximum absolute atomic E-state index is 5.35. The summed E-state index contributed by atoms with van der Waals surface area (Å²) in [6.07, 6.45) is 0.835. The summed E-state index contributed by atoms with van der Waals surface area (Å²) in [6.45, 7) is 39.9. The van der Waals surface area contributed by atoms with E-state index in [-0.39, 0.29) is 32.5 Å². The van der Waals surface area contributed by atoms with Gasteiger partial charge in [0.15, 0.2) is 6.29 Å². The molecule has 3 rings (SSSR count). The number of hydrogen-bond acceptors (Lipinski definition) is 3. The first-order valence-corrected chi connectivity index (χ1v) is 30.5. The summed E-state index contributed by atoms with van der Waals surface area (Å²) in [5.41, 5.74) is 5.73. The van der Waals surface area contributed by atoms with Gasteiger partial charge in [-0.1, -0.05) is 143 Å². The molecule has 3 aromatic rings. The number of aromatic nitrogens is 6. The van der Waals surface area contributed by atoms with Gasteiger partial charge in [-0.05, 0) is 33.3 Å². The fourth-order valence-corrected chi connectivity index (χ4v) is 4.57. The molecular weight excluding hydrogens is 921 g/mol. The van der Waals surface area contributed by atoms with E-state index in [4.69, 9.17) is 15.3 Å². The van der Waals surface area contributed by atoms with Gasteiger partial charge in [-0.3, -0.25) is 14.0 Å². The average Bonchev–Trinajstić information content (AvgIpc) is 3.48. The predicted octanol–water partition coefficient (Wildman–Crippen LogP) is 11.1. The Labute approximate surface area is 305 Å². The zero-order valence-electron chi connectivity index (χ0n) is 30.5. The molecule has 0 unspecified atom stereocenters. The molecule has 0 radical (unpaired) electrons. The van der Waals surface area contributed by atoms with Crippen LogP contribution in [0, 0.1) is 6.29 Å². The quantitative estimate of drug-likeness (QED) is 0.149.